The van der Waals surface area contributed by atoms with Crippen LogP contribution < -0.4 is 10.1 Å². The van der Waals surface area contributed by atoms with Gasteiger partial charge in [0.1, 0.15) is 5.75 Å². The van der Waals surface area contributed by atoms with Crippen molar-refractivity contribution in [1.29, 1.82) is 0 Å². The summed E-state index contributed by atoms with van der Waals surface area (Å²) in [5.41, 5.74) is 2.95. The number of rotatable bonds is 6. The van der Waals surface area contributed by atoms with Crippen LogP contribution in [-0.4, -0.2) is 12.6 Å². The number of nitrogens with one attached hydrogen (secondary N) is 1. The maximum absolute atomic E-state index is 6.02. The minimum atomic E-state index is 0.309. The van der Waals surface area contributed by atoms with E-state index in [0.717, 1.165) is 18.7 Å². The normalized spacial score (nSPS) is 19.8. The van der Waals surface area contributed by atoms with Gasteiger partial charge in [-0.15, -0.1) is 0 Å². The lowest BCUT2D eigenvalue weighted by molar-refractivity contribution is 0.209. The van der Waals surface area contributed by atoms with Crippen LogP contribution in [0, 0.1) is 0 Å². The lowest BCUT2D eigenvalue weighted by Crippen LogP contribution is -2.25. The third-order valence-corrected chi connectivity index (χ3v) is 3.91. The zero-order valence-corrected chi connectivity index (χ0v) is 12.5. The van der Waals surface area contributed by atoms with Crippen molar-refractivity contribution >= 4 is 0 Å². The average molecular weight is 261 g/mol. The molecule has 0 bridgehead atoms. The molecular weight excluding hydrogens is 234 g/mol. The lowest BCUT2D eigenvalue weighted by Gasteiger charge is -2.27. The van der Waals surface area contributed by atoms with E-state index in [4.69, 9.17) is 4.74 Å². The molecule has 1 aromatic carbocycles. The van der Waals surface area contributed by atoms with Gasteiger partial charge in [0.25, 0.3) is 0 Å². The van der Waals surface area contributed by atoms with E-state index >= 15 is 0 Å². The van der Waals surface area contributed by atoms with Crippen LogP contribution in [0.3, 0.4) is 0 Å². The molecule has 2 nitrogen and oxygen atoms in total. The summed E-state index contributed by atoms with van der Waals surface area (Å²) >= 11 is 0. The van der Waals surface area contributed by atoms with Crippen molar-refractivity contribution in [3.05, 3.63) is 29.3 Å². The fourth-order valence-electron chi connectivity index (χ4n) is 3.01. The molecule has 0 aromatic heterocycles. The lowest BCUT2D eigenvalue weighted by atomic mass is 9.87. The molecule has 0 radical (unpaired) electrons. The third kappa shape index (κ3) is 3.73. The Balaban J connectivity index is 2.13. The van der Waals surface area contributed by atoms with Gasteiger partial charge >= 0.3 is 0 Å². The van der Waals surface area contributed by atoms with Crippen LogP contribution in [0.15, 0.2) is 18.2 Å². The molecule has 2 unspecified atom stereocenters. The smallest absolute Gasteiger partial charge is 0.120 e. The molecule has 0 heterocycles. The Hall–Kier alpha value is -1.02. The molecule has 1 aromatic rings. The summed E-state index contributed by atoms with van der Waals surface area (Å²) in [6.45, 7) is 7.57. The highest BCUT2D eigenvalue weighted by Gasteiger charge is 2.20. The standard InChI is InChI=1S/C17H27NO/c1-4-7-13(3)19-15-11-10-14-8-6-9-17(18-5-2)16(14)12-15/h10-13,17-18H,4-9H2,1-3H3. The molecule has 0 aliphatic heterocycles. The van der Waals surface area contributed by atoms with Crippen LogP contribution in [-0.2, 0) is 6.42 Å². The summed E-state index contributed by atoms with van der Waals surface area (Å²) in [7, 11) is 0. The second kappa shape index (κ2) is 6.95. The quantitative estimate of drug-likeness (QED) is 0.827. The Morgan fingerprint density at radius 3 is 2.95 bits per heavy atom. The number of fused-ring (bicyclic) bond motifs is 1. The molecule has 2 heteroatoms. The first-order valence-corrected chi connectivity index (χ1v) is 7.77. The Labute approximate surface area is 117 Å². The van der Waals surface area contributed by atoms with E-state index in [1.807, 2.05) is 0 Å². The van der Waals surface area contributed by atoms with E-state index in [1.54, 1.807) is 0 Å². The van der Waals surface area contributed by atoms with Crippen molar-refractivity contribution in [2.45, 2.75) is 65.0 Å². The van der Waals surface area contributed by atoms with Gasteiger partial charge < -0.3 is 10.1 Å². The summed E-state index contributed by atoms with van der Waals surface area (Å²) < 4.78 is 6.02. The fraction of sp³-hybridized carbons (Fsp3) is 0.647. The van der Waals surface area contributed by atoms with Crippen molar-refractivity contribution in [2.75, 3.05) is 6.54 Å². The maximum atomic E-state index is 6.02. The summed E-state index contributed by atoms with van der Waals surface area (Å²) in [6.07, 6.45) is 6.34. The first-order chi connectivity index (χ1) is 9.24. The summed E-state index contributed by atoms with van der Waals surface area (Å²) in [4.78, 5) is 0. The average Bonchev–Trinajstić information content (AvgIpc) is 2.40. The predicted molar refractivity (Wildman–Crippen MR) is 80.8 cm³/mol. The van der Waals surface area contributed by atoms with Crippen LogP contribution in [0.25, 0.3) is 0 Å². The van der Waals surface area contributed by atoms with Crippen molar-refractivity contribution < 1.29 is 4.74 Å². The van der Waals surface area contributed by atoms with Crippen LogP contribution in [0.4, 0.5) is 0 Å². The molecule has 19 heavy (non-hydrogen) atoms. The minimum absolute atomic E-state index is 0.309. The Morgan fingerprint density at radius 2 is 2.21 bits per heavy atom. The molecule has 0 amide bonds. The number of hydrogen-bond acceptors (Lipinski definition) is 2. The van der Waals surface area contributed by atoms with Gasteiger partial charge in [-0.2, -0.15) is 0 Å². The van der Waals surface area contributed by atoms with Gasteiger partial charge in [-0.3, -0.25) is 0 Å². The highest BCUT2D eigenvalue weighted by molar-refractivity contribution is 5.39. The van der Waals surface area contributed by atoms with E-state index in [-0.39, 0.29) is 0 Å². The molecular formula is C17H27NO. The number of hydrogen-bond donors (Lipinski definition) is 1. The molecule has 2 rings (SSSR count). The number of aryl methyl sites for hydroxylation is 1. The molecule has 1 aliphatic carbocycles. The molecule has 1 N–H and O–H groups in total. The zero-order valence-electron chi connectivity index (χ0n) is 12.5. The van der Waals surface area contributed by atoms with Crippen LogP contribution in [0.2, 0.25) is 0 Å². The largest absolute Gasteiger partial charge is 0.491 e. The molecule has 0 saturated carbocycles. The van der Waals surface area contributed by atoms with Crippen molar-refractivity contribution in [2.24, 2.45) is 0 Å². The monoisotopic (exact) mass is 261 g/mol. The molecule has 0 spiro atoms. The number of benzene rings is 1. The summed E-state index contributed by atoms with van der Waals surface area (Å²) in [5, 5.41) is 3.59. The second-order valence-corrected chi connectivity index (χ2v) is 5.58. The van der Waals surface area contributed by atoms with Crippen molar-refractivity contribution in [1.82, 2.24) is 5.32 Å². The van der Waals surface area contributed by atoms with Crippen LogP contribution >= 0.6 is 0 Å². The Morgan fingerprint density at radius 1 is 1.37 bits per heavy atom. The van der Waals surface area contributed by atoms with Gasteiger partial charge in [0.2, 0.25) is 0 Å². The SMILES string of the molecule is CCCC(C)Oc1ccc2c(c1)C(NCC)CCC2. The van der Waals surface area contributed by atoms with Gasteiger partial charge in [-0.05, 0) is 62.4 Å². The molecule has 106 valence electrons. The maximum Gasteiger partial charge on any atom is 0.120 e. The number of ether oxygens (including phenoxy) is 1. The molecule has 0 fully saturated rings. The van der Waals surface area contributed by atoms with Crippen molar-refractivity contribution in [3.8, 4) is 5.75 Å². The highest BCUT2D eigenvalue weighted by atomic mass is 16.5. The van der Waals surface area contributed by atoms with E-state index in [1.165, 1.54) is 36.8 Å². The fourth-order valence-corrected chi connectivity index (χ4v) is 3.01. The van der Waals surface area contributed by atoms with Gasteiger partial charge in [-0.25, -0.2) is 0 Å². The van der Waals surface area contributed by atoms with Gasteiger partial charge in [0, 0.05) is 6.04 Å². The van der Waals surface area contributed by atoms with Crippen molar-refractivity contribution in [3.63, 3.8) is 0 Å². The minimum Gasteiger partial charge on any atom is -0.491 e. The molecule has 2 atom stereocenters. The van der Waals surface area contributed by atoms with Crippen LogP contribution in [0.1, 0.15) is 63.6 Å². The van der Waals surface area contributed by atoms with E-state index < -0.39 is 0 Å². The van der Waals surface area contributed by atoms with E-state index in [9.17, 15) is 0 Å². The van der Waals surface area contributed by atoms with Gasteiger partial charge in [0.15, 0.2) is 0 Å². The Bertz CT molecular complexity index is 402. The summed E-state index contributed by atoms with van der Waals surface area (Å²) in [5.74, 6) is 1.03. The summed E-state index contributed by atoms with van der Waals surface area (Å²) in [6, 6.07) is 7.17. The first-order valence-electron chi connectivity index (χ1n) is 7.77. The predicted octanol–water partition coefficient (Wildman–Crippen LogP) is 4.24. The van der Waals surface area contributed by atoms with Gasteiger partial charge in [0.05, 0.1) is 6.10 Å². The molecule has 0 saturated heterocycles. The van der Waals surface area contributed by atoms with E-state index in [2.05, 4.69) is 44.3 Å². The highest BCUT2D eigenvalue weighted by Crippen LogP contribution is 2.32. The first kappa shape index (κ1) is 14.4. The molecule has 1 aliphatic rings. The topological polar surface area (TPSA) is 21.3 Å². The Kier molecular flexibility index (Phi) is 5.26. The zero-order chi connectivity index (χ0) is 13.7. The second-order valence-electron chi connectivity index (χ2n) is 5.58. The van der Waals surface area contributed by atoms with Gasteiger partial charge in [-0.1, -0.05) is 26.3 Å². The van der Waals surface area contributed by atoms with E-state index in [0.29, 0.717) is 12.1 Å². The third-order valence-electron chi connectivity index (χ3n) is 3.91. The van der Waals surface area contributed by atoms with Crippen LogP contribution in [0.5, 0.6) is 5.75 Å².